The highest BCUT2D eigenvalue weighted by Crippen LogP contribution is 2.35. The van der Waals surface area contributed by atoms with Crippen LogP contribution in [-0.4, -0.2) is 27.9 Å². The fourth-order valence-electron chi connectivity index (χ4n) is 2.87. The molecule has 0 radical (unpaired) electrons. The van der Waals surface area contributed by atoms with Crippen molar-refractivity contribution in [1.29, 1.82) is 0 Å². The number of hydrogen-bond acceptors (Lipinski definition) is 4. The second kappa shape index (κ2) is 6.18. The molecule has 0 spiro atoms. The molecule has 0 aliphatic heterocycles. The molecule has 0 bridgehead atoms. The third kappa shape index (κ3) is 2.66. The smallest absolute Gasteiger partial charge is 0.224 e. The molecule has 0 aromatic carbocycles. The lowest BCUT2D eigenvalue weighted by atomic mass is 9.81. The van der Waals surface area contributed by atoms with E-state index in [9.17, 15) is 0 Å². The van der Waals surface area contributed by atoms with E-state index in [2.05, 4.69) is 33.9 Å². The van der Waals surface area contributed by atoms with Gasteiger partial charge in [-0.2, -0.15) is 0 Å². The standard InChI is InChI=1S/C13H25N5/c1-3-15-13-17-16-12(18(13)4-2)11-7-5-10(9-14)6-8-11/h10-11H,3-9,14H2,1-2H3,(H,15,17). The minimum atomic E-state index is 0.563. The number of hydrogen-bond donors (Lipinski definition) is 2. The van der Waals surface area contributed by atoms with Crippen LogP contribution in [0, 0.1) is 5.92 Å². The normalized spacial score (nSPS) is 24.2. The van der Waals surface area contributed by atoms with Gasteiger partial charge < -0.3 is 11.1 Å². The van der Waals surface area contributed by atoms with E-state index in [-0.39, 0.29) is 0 Å². The Morgan fingerprint density at radius 3 is 2.50 bits per heavy atom. The molecule has 5 heteroatoms. The Bertz CT molecular complexity index is 365. The molecule has 0 atom stereocenters. The van der Waals surface area contributed by atoms with E-state index in [0.717, 1.165) is 31.4 Å². The molecule has 0 saturated heterocycles. The summed E-state index contributed by atoms with van der Waals surface area (Å²) in [4.78, 5) is 0. The summed E-state index contributed by atoms with van der Waals surface area (Å²) in [5.41, 5.74) is 5.74. The van der Waals surface area contributed by atoms with Gasteiger partial charge in [-0.3, -0.25) is 4.57 Å². The van der Waals surface area contributed by atoms with E-state index in [1.165, 1.54) is 25.7 Å². The summed E-state index contributed by atoms with van der Waals surface area (Å²) in [6.07, 6.45) is 4.86. The molecule has 1 aliphatic rings. The van der Waals surface area contributed by atoms with Crippen molar-refractivity contribution in [2.45, 2.75) is 52.0 Å². The Balaban J connectivity index is 2.09. The first-order valence-corrected chi connectivity index (χ1v) is 7.17. The Morgan fingerprint density at radius 2 is 1.94 bits per heavy atom. The van der Waals surface area contributed by atoms with Crippen molar-refractivity contribution < 1.29 is 0 Å². The zero-order valence-corrected chi connectivity index (χ0v) is 11.5. The quantitative estimate of drug-likeness (QED) is 0.839. The highest BCUT2D eigenvalue weighted by molar-refractivity contribution is 5.26. The third-order valence-corrected chi connectivity index (χ3v) is 3.98. The summed E-state index contributed by atoms with van der Waals surface area (Å²) in [5, 5.41) is 11.9. The van der Waals surface area contributed by atoms with E-state index in [1.54, 1.807) is 0 Å². The van der Waals surface area contributed by atoms with Crippen LogP contribution in [0.1, 0.15) is 51.3 Å². The molecule has 1 aromatic heterocycles. The summed E-state index contributed by atoms with van der Waals surface area (Å²) >= 11 is 0. The van der Waals surface area contributed by atoms with Crippen LogP contribution in [0.3, 0.4) is 0 Å². The molecule has 1 aromatic rings. The summed E-state index contributed by atoms with van der Waals surface area (Å²) < 4.78 is 2.22. The molecule has 1 aliphatic carbocycles. The summed E-state index contributed by atoms with van der Waals surface area (Å²) in [5.74, 6) is 3.35. The van der Waals surface area contributed by atoms with Gasteiger partial charge in [0.2, 0.25) is 5.95 Å². The maximum Gasteiger partial charge on any atom is 0.224 e. The lowest BCUT2D eigenvalue weighted by Gasteiger charge is -2.27. The first-order chi connectivity index (χ1) is 8.80. The van der Waals surface area contributed by atoms with Crippen LogP contribution >= 0.6 is 0 Å². The second-order valence-corrected chi connectivity index (χ2v) is 5.11. The molecule has 5 nitrogen and oxygen atoms in total. The van der Waals surface area contributed by atoms with Gasteiger partial charge in [-0.1, -0.05) is 0 Å². The zero-order chi connectivity index (χ0) is 13.0. The van der Waals surface area contributed by atoms with Gasteiger partial charge in [-0.15, -0.1) is 10.2 Å². The van der Waals surface area contributed by atoms with Crippen molar-refractivity contribution in [3.05, 3.63) is 5.82 Å². The predicted octanol–water partition coefficient (Wildman–Crippen LogP) is 1.96. The largest absolute Gasteiger partial charge is 0.355 e. The van der Waals surface area contributed by atoms with E-state index < -0.39 is 0 Å². The van der Waals surface area contributed by atoms with Crippen molar-refractivity contribution >= 4 is 5.95 Å². The van der Waals surface area contributed by atoms with Crippen LogP contribution in [0.15, 0.2) is 0 Å². The van der Waals surface area contributed by atoms with Gasteiger partial charge in [-0.25, -0.2) is 0 Å². The van der Waals surface area contributed by atoms with E-state index in [4.69, 9.17) is 5.73 Å². The van der Waals surface area contributed by atoms with E-state index >= 15 is 0 Å². The van der Waals surface area contributed by atoms with Gasteiger partial charge in [0, 0.05) is 19.0 Å². The Labute approximate surface area is 109 Å². The molecule has 1 fully saturated rings. The van der Waals surface area contributed by atoms with Crippen LogP contribution in [-0.2, 0) is 6.54 Å². The van der Waals surface area contributed by atoms with Gasteiger partial charge in [0.1, 0.15) is 5.82 Å². The molecule has 1 heterocycles. The lowest BCUT2D eigenvalue weighted by Crippen LogP contribution is -2.22. The van der Waals surface area contributed by atoms with Crippen LogP contribution in [0.5, 0.6) is 0 Å². The number of nitrogens with one attached hydrogen (secondary N) is 1. The van der Waals surface area contributed by atoms with Gasteiger partial charge in [0.25, 0.3) is 0 Å². The number of nitrogens with two attached hydrogens (primary N) is 1. The number of rotatable bonds is 5. The highest BCUT2D eigenvalue weighted by atomic mass is 15.3. The van der Waals surface area contributed by atoms with Crippen molar-refractivity contribution in [3.63, 3.8) is 0 Å². The molecule has 3 N–H and O–H groups in total. The molecule has 18 heavy (non-hydrogen) atoms. The van der Waals surface area contributed by atoms with Gasteiger partial charge in [0.15, 0.2) is 0 Å². The maximum atomic E-state index is 5.74. The van der Waals surface area contributed by atoms with Gasteiger partial charge in [0.05, 0.1) is 0 Å². The Hall–Kier alpha value is -1.10. The fourth-order valence-corrected chi connectivity index (χ4v) is 2.87. The zero-order valence-electron chi connectivity index (χ0n) is 11.5. The van der Waals surface area contributed by atoms with Gasteiger partial charge in [-0.05, 0) is 52.0 Å². The van der Waals surface area contributed by atoms with Crippen molar-refractivity contribution in [2.24, 2.45) is 11.7 Å². The molecular formula is C13H25N5. The molecule has 0 unspecified atom stereocenters. The SMILES string of the molecule is CCNc1nnc(C2CCC(CN)CC2)n1CC. The predicted molar refractivity (Wildman–Crippen MR) is 73.6 cm³/mol. The number of anilines is 1. The van der Waals surface area contributed by atoms with Crippen LogP contribution in [0.25, 0.3) is 0 Å². The first kappa shape index (κ1) is 13.3. The van der Waals surface area contributed by atoms with E-state index in [0.29, 0.717) is 11.8 Å². The average Bonchev–Trinajstić information content (AvgIpc) is 2.82. The molecule has 102 valence electrons. The number of nitrogens with zero attached hydrogens (tertiary/aromatic N) is 3. The molecular weight excluding hydrogens is 226 g/mol. The van der Waals surface area contributed by atoms with Crippen molar-refractivity contribution in [1.82, 2.24) is 14.8 Å². The van der Waals surface area contributed by atoms with E-state index in [1.807, 2.05) is 0 Å². The van der Waals surface area contributed by atoms with Gasteiger partial charge >= 0.3 is 0 Å². The molecule has 1 saturated carbocycles. The first-order valence-electron chi connectivity index (χ1n) is 7.17. The highest BCUT2D eigenvalue weighted by Gasteiger charge is 2.26. The second-order valence-electron chi connectivity index (χ2n) is 5.11. The topological polar surface area (TPSA) is 68.8 Å². The summed E-state index contributed by atoms with van der Waals surface area (Å²) in [6, 6.07) is 0. The van der Waals surface area contributed by atoms with Crippen LogP contribution in [0.4, 0.5) is 5.95 Å². The monoisotopic (exact) mass is 251 g/mol. The average molecular weight is 251 g/mol. The third-order valence-electron chi connectivity index (χ3n) is 3.98. The summed E-state index contributed by atoms with van der Waals surface area (Å²) in [7, 11) is 0. The molecule has 0 amide bonds. The van der Waals surface area contributed by atoms with Crippen LogP contribution in [0.2, 0.25) is 0 Å². The number of aromatic nitrogens is 3. The van der Waals surface area contributed by atoms with Crippen molar-refractivity contribution in [2.75, 3.05) is 18.4 Å². The fraction of sp³-hybridized carbons (Fsp3) is 0.846. The minimum absolute atomic E-state index is 0.563. The maximum absolute atomic E-state index is 5.74. The summed E-state index contributed by atoms with van der Waals surface area (Å²) in [6.45, 7) is 6.88. The Morgan fingerprint density at radius 1 is 1.22 bits per heavy atom. The Kier molecular flexibility index (Phi) is 4.58. The molecule has 2 rings (SSSR count). The minimum Gasteiger partial charge on any atom is -0.355 e. The van der Waals surface area contributed by atoms with Crippen LogP contribution < -0.4 is 11.1 Å². The van der Waals surface area contributed by atoms with Crippen molar-refractivity contribution in [3.8, 4) is 0 Å². The lowest BCUT2D eigenvalue weighted by molar-refractivity contribution is 0.320.